The van der Waals surface area contributed by atoms with E-state index < -0.39 is 0 Å². The van der Waals surface area contributed by atoms with E-state index in [0.29, 0.717) is 24.7 Å². The standard InChI is InChI=1S/C11H13BrO3/c1-2-7-9(13)6-8(12)11-10(7)14-4-3-5-15-11/h6,13H,2-5H2,1H3. The van der Waals surface area contributed by atoms with Gasteiger partial charge in [-0.2, -0.15) is 0 Å². The highest BCUT2D eigenvalue weighted by molar-refractivity contribution is 9.10. The van der Waals surface area contributed by atoms with Crippen molar-refractivity contribution in [2.24, 2.45) is 0 Å². The highest BCUT2D eigenvalue weighted by atomic mass is 79.9. The maximum Gasteiger partial charge on any atom is 0.175 e. The molecule has 82 valence electrons. The number of benzene rings is 1. The third-order valence-corrected chi connectivity index (χ3v) is 2.99. The predicted molar refractivity (Wildman–Crippen MR) is 60.8 cm³/mol. The Bertz CT molecular complexity index is 377. The number of aromatic hydroxyl groups is 1. The van der Waals surface area contributed by atoms with E-state index in [1.54, 1.807) is 6.07 Å². The molecule has 1 aromatic carbocycles. The first-order chi connectivity index (χ1) is 7.24. The maximum atomic E-state index is 9.77. The van der Waals surface area contributed by atoms with Crippen LogP contribution < -0.4 is 9.47 Å². The number of hydrogen-bond donors (Lipinski definition) is 1. The van der Waals surface area contributed by atoms with Gasteiger partial charge in [-0.3, -0.25) is 0 Å². The molecule has 3 nitrogen and oxygen atoms in total. The van der Waals surface area contributed by atoms with Crippen molar-refractivity contribution in [1.82, 2.24) is 0 Å². The summed E-state index contributed by atoms with van der Waals surface area (Å²) in [6.45, 7) is 3.27. The van der Waals surface area contributed by atoms with Gasteiger partial charge in [-0.05, 0) is 28.4 Å². The van der Waals surface area contributed by atoms with Crippen LogP contribution in [0.15, 0.2) is 10.5 Å². The molecule has 1 aliphatic rings. The average Bonchev–Trinajstić information content (AvgIpc) is 2.44. The molecular formula is C11H13BrO3. The number of rotatable bonds is 1. The fraction of sp³-hybridized carbons (Fsp3) is 0.455. The minimum Gasteiger partial charge on any atom is -0.507 e. The van der Waals surface area contributed by atoms with Crippen molar-refractivity contribution in [1.29, 1.82) is 0 Å². The third kappa shape index (κ3) is 1.91. The molecule has 15 heavy (non-hydrogen) atoms. The Kier molecular flexibility index (Phi) is 3.05. The van der Waals surface area contributed by atoms with Crippen LogP contribution in [0.1, 0.15) is 18.9 Å². The van der Waals surface area contributed by atoms with Crippen LogP contribution in [0, 0.1) is 0 Å². The summed E-state index contributed by atoms with van der Waals surface area (Å²) in [5.74, 6) is 1.65. The Hall–Kier alpha value is -0.900. The molecular weight excluding hydrogens is 260 g/mol. The minimum atomic E-state index is 0.258. The van der Waals surface area contributed by atoms with Crippen LogP contribution >= 0.6 is 15.9 Å². The average molecular weight is 273 g/mol. The van der Waals surface area contributed by atoms with Gasteiger partial charge in [-0.25, -0.2) is 0 Å². The number of ether oxygens (including phenoxy) is 2. The molecule has 0 saturated heterocycles. The molecule has 1 aliphatic heterocycles. The highest BCUT2D eigenvalue weighted by Crippen LogP contribution is 2.44. The van der Waals surface area contributed by atoms with E-state index in [2.05, 4.69) is 15.9 Å². The monoisotopic (exact) mass is 272 g/mol. The van der Waals surface area contributed by atoms with Gasteiger partial charge in [-0.1, -0.05) is 6.92 Å². The minimum absolute atomic E-state index is 0.258. The number of hydrogen-bond acceptors (Lipinski definition) is 3. The largest absolute Gasteiger partial charge is 0.507 e. The van der Waals surface area contributed by atoms with Gasteiger partial charge in [0.25, 0.3) is 0 Å². The molecule has 0 atom stereocenters. The Morgan fingerprint density at radius 1 is 1.33 bits per heavy atom. The Morgan fingerprint density at radius 2 is 2.00 bits per heavy atom. The summed E-state index contributed by atoms with van der Waals surface area (Å²) in [6.07, 6.45) is 1.59. The maximum absolute atomic E-state index is 9.77. The molecule has 1 aromatic rings. The van der Waals surface area contributed by atoms with E-state index in [9.17, 15) is 5.11 Å². The molecule has 0 aromatic heterocycles. The van der Waals surface area contributed by atoms with E-state index in [-0.39, 0.29) is 5.75 Å². The van der Waals surface area contributed by atoms with E-state index in [1.165, 1.54) is 0 Å². The van der Waals surface area contributed by atoms with Crippen molar-refractivity contribution < 1.29 is 14.6 Å². The van der Waals surface area contributed by atoms with Crippen LogP contribution in [0.4, 0.5) is 0 Å². The molecule has 4 heteroatoms. The SMILES string of the molecule is CCc1c(O)cc(Br)c2c1OCCCO2. The second kappa shape index (κ2) is 4.31. The Labute approximate surface area is 97.1 Å². The van der Waals surface area contributed by atoms with Crippen molar-refractivity contribution in [3.05, 3.63) is 16.1 Å². The summed E-state index contributed by atoms with van der Waals surface area (Å²) in [4.78, 5) is 0. The number of halogens is 1. The second-order valence-electron chi connectivity index (χ2n) is 3.42. The molecule has 1 N–H and O–H groups in total. The lowest BCUT2D eigenvalue weighted by Gasteiger charge is -2.14. The lowest BCUT2D eigenvalue weighted by Crippen LogP contribution is -1.98. The number of phenols is 1. The van der Waals surface area contributed by atoms with Gasteiger partial charge in [0.05, 0.1) is 17.7 Å². The quantitative estimate of drug-likeness (QED) is 0.855. The van der Waals surface area contributed by atoms with Crippen molar-refractivity contribution >= 4 is 15.9 Å². The molecule has 0 aliphatic carbocycles. The lowest BCUT2D eigenvalue weighted by molar-refractivity contribution is 0.295. The topological polar surface area (TPSA) is 38.7 Å². The van der Waals surface area contributed by atoms with Crippen molar-refractivity contribution in [2.45, 2.75) is 19.8 Å². The van der Waals surface area contributed by atoms with E-state index in [0.717, 1.165) is 22.9 Å². The smallest absolute Gasteiger partial charge is 0.175 e. The molecule has 0 spiro atoms. The van der Waals surface area contributed by atoms with E-state index >= 15 is 0 Å². The summed E-state index contributed by atoms with van der Waals surface area (Å²) < 4.78 is 12.0. The van der Waals surface area contributed by atoms with Crippen LogP contribution in [0.2, 0.25) is 0 Å². The molecule has 2 rings (SSSR count). The molecule has 0 unspecified atom stereocenters. The first-order valence-electron chi connectivity index (χ1n) is 5.04. The summed E-state index contributed by atoms with van der Waals surface area (Å²) in [5, 5.41) is 9.77. The normalized spacial score (nSPS) is 14.8. The first kappa shape index (κ1) is 10.6. The molecule has 0 amide bonds. The van der Waals surface area contributed by atoms with Gasteiger partial charge in [-0.15, -0.1) is 0 Å². The summed E-state index contributed by atoms with van der Waals surface area (Å²) >= 11 is 3.37. The third-order valence-electron chi connectivity index (χ3n) is 2.40. The highest BCUT2D eigenvalue weighted by Gasteiger charge is 2.20. The zero-order valence-electron chi connectivity index (χ0n) is 8.55. The Morgan fingerprint density at radius 3 is 2.67 bits per heavy atom. The summed E-state index contributed by atoms with van der Waals surface area (Å²) in [5.41, 5.74) is 0.815. The van der Waals surface area contributed by atoms with E-state index in [4.69, 9.17) is 9.47 Å². The number of phenolic OH excluding ortho intramolecular Hbond substituents is 1. The molecule has 1 heterocycles. The zero-order valence-corrected chi connectivity index (χ0v) is 10.1. The van der Waals surface area contributed by atoms with Crippen LogP contribution in [0.5, 0.6) is 17.2 Å². The van der Waals surface area contributed by atoms with Crippen molar-refractivity contribution in [3.63, 3.8) is 0 Å². The molecule has 0 fully saturated rings. The van der Waals surface area contributed by atoms with Gasteiger partial charge in [0.15, 0.2) is 11.5 Å². The summed E-state index contributed by atoms with van der Waals surface area (Å²) in [6, 6.07) is 1.66. The van der Waals surface area contributed by atoms with Gasteiger partial charge in [0.1, 0.15) is 5.75 Å². The fourth-order valence-corrected chi connectivity index (χ4v) is 2.18. The zero-order chi connectivity index (χ0) is 10.8. The van der Waals surface area contributed by atoms with Crippen molar-refractivity contribution in [3.8, 4) is 17.2 Å². The predicted octanol–water partition coefficient (Wildman–Crippen LogP) is 2.88. The summed E-state index contributed by atoms with van der Waals surface area (Å²) in [7, 11) is 0. The molecule has 0 bridgehead atoms. The van der Waals surface area contributed by atoms with Gasteiger partial charge in [0, 0.05) is 12.0 Å². The first-order valence-corrected chi connectivity index (χ1v) is 5.83. The fourth-order valence-electron chi connectivity index (χ4n) is 1.67. The van der Waals surface area contributed by atoms with Crippen LogP contribution in [0.3, 0.4) is 0 Å². The van der Waals surface area contributed by atoms with Crippen molar-refractivity contribution in [2.75, 3.05) is 13.2 Å². The molecule has 0 radical (unpaired) electrons. The molecule has 0 saturated carbocycles. The van der Waals surface area contributed by atoms with Crippen LogP contribution in [0.25, 0.3) is 0 Å². The number of fused-ring (bicyclic) bond motifs is 1. The van der Waals surface area contributed by atoms with Gasteiger partial charge >= 0.3 is 0 Å². The second-order valence-corrected chi connectivity index (χ2v) is 4.27. The van der Waals surface area contributed by atoms with Gasteiger partial charge in [0.2, 0.25) is 0 Å². The van der Waals surface area contributed by atoms with Crippen LogP contribution in [-0.4, -0.2) is 18.3 Å². The van der Waals surface area contributed by atoms with E-state index in [1.807, 2.05) is 6.92 Å². The van der Waals surface area contributed by atoms with Crippen LogP contribution in [-0.2, 0) is 6.42 Å². The van der Waals surface area contributed by atoms with Gasteiger partial charge < -0.3 is 14.6 Å². The Balaban J connectivity index is 2.57. The lowest BCUT2D eigenvalue weighted by atomic mass is 10.1.